The smallest absolute Gasteiger partial charge is 0.164 e. The van der Waals surface area contributed by atoms with Gasteiger partial charge < -0.3 is 0 Å². The van der Waals surface area contributed by atoms with Crippen molar-refractivity contribution in [2.75, 3.05) is 0 Å². The van der Waals surface area contributed by atoms with Crippen molar-refractivity contribution in [2.24, 2.45) is 0 Å². The van der Waals surface area contributed by atoms with Crippen molar-refractivity contribution in [1.82, 2.24) is 15.0 Å². The molecule has 3 heteroatoms. The first-order chi connectivity index (χ1) is 26.2. The Morgan fingerprint density at radius 1 is 0.283 bits per heavy atom. The average molecular weight is 676 g/mol. The van der Waals surface area contributed by atoms with Crippen molar-refractivity contribution in [3.63, 3.8) is 0 Å². The number of hydrogen-bond acceptors (Lipinski definition) is 3. The highest BCUT2D eigenvalue weighted by molar-refractivity contribution is 6.12. The summed E-state index contributed by atoms with van der Waals surface area (Å²) < 4.78 is 0. The van der Waals surface area contributed by atoms with Crippen LogP contribution in [0.15, 0.2) is 182 Å². The van der Waals surface area contributed by atoms with Crippen LogP contribution in [-0.4, -0.2) is 15.0 Å². The van der Waals surface area contributed by atoms with Gasteiger partial charge in [0.1, 0.15) is 0 Å². The maximum absolute atomic E-state index is 5.28. The van der Waals surface area contributed by atoms with Gasteiger partial charge in [-0.1, -0.05) is 170 Å². The minimum absolute atomic E-state index is 0.639. The van der Waals surface area contributed by atoms with Gasteiger partial charge in [-0.2, -0.15) is 0 Å². The molecule has 3 nitrogen and oxygen atoms in total. The third-order valence-corrected chi connectivity index (χ3v) is 10.4. The molecule has 248 valence electrons. The van der Waals surface area contributed by atoms with Crippen LogP contribution in [0.3, 0.4) is 0 Å². The Kier molecular flexibility index (Phi) is 7.36. The quantitative estimate of drug-likeness (QED) is 0.170. The van der Waals surface area contributed by atoms with Gasteiger partial charge in [0.15, 0.2) is 17.5 Å². The van der Waals surface area contributed by atoms with E-state index in [2.05, 4.69) is 189 Å². The lowest BCUT2D eigenvalue weighted by atomic mass is 9.91. The summed E-state index contributed by atoms with van der Waals surface area (Å²) in [4.78, 5) is 15.8. The molecule has 0 aliphatic carbocycles. The van der Waals surface area contributed by atoms with Crippen LogP contribution in [0.1, 0.15) is 5.56 Å². The predicted octanol–water partition coefficient (Wildman–Crippen LogP) is 13.1. The van der Waals surface area contributed by atoms with E-state index in [0.717, 1.165) is 44.0 Å². The summed E-state index contributed by atoms with van der Waals surface area (Å²) in [5, 5.41) is 9.43. The zero-order chi connectivity index (χ0) is 35.3. The zero-order valence-corrected chi connectivity index (χ0v) is 29.2. The van der Waals surface area contributed by atoms with E-state index >= 15 is 0 Å². The van der Waals surface area contributed by atoms with Crippen LogP contribution in [-0.2, 0) is 0 Å². The van der Waals surface area contributed by atoms with Gasteiger partial charge in [-0.25, -0.2) is 15.0 Å². The SMILES string of the molecule is Cc1cc(-c2nc(-c3cccc(-c4ccc(-c5ccccc5)c5ccccc45)c3)nc(-c3cccc4ccccc34)n2)c2ccc3ccccc3c2c1. The van der Waals surface area contributed by atoms with Crippen molar-refractivity contribution >= 4 is 43.1 Å². The van der Waals surface area contributed by atoms with E-state index < -0.39 is 0 Å². The lowest BCUT2D eigenvalue weighted by molar-refractivity contribution is 1.08. The summed E-state index contributed by atoms with van der Waals surface area (Å²) in [7, 11) is 0. The van der Waals surface area contributed by atoms with E-state index in [1.807, 2.05) is 0 Å². The first-order valence-corrected chi connectivity index (χ1v) is 18.0. The average Bonchev–Trinajstić information content (AvgIpc) is 3.23. The van der Waals surface area contributed by atoms with Gasteiger partial charge >= 0.3 is 0 Å². The molecule has 0 aliphatic rings. The van der Waals surface area contributed by atoms with E-state index in [1.54, 1.807) is 0 Å². The Hall–Kier alpha value is -6.97. The molecule has 0 N–H and O–H groups in total. The molecule has 10 rings (SSSR count). The predicted molar refractivity (Wildman–Crippen MR) is 222 cm³/mol. The van der Waals surface area contributed by atoms with Crippen LogP contribution >= 0.6 is 0 Å². The number of aromatic nitrogens is 3. The molecule has 0 unspecified atom stereocenters. The van der Waals surface area contributed by atoms with Gasteiger partial charge in [-0.3, -0.25) is 0 Å². The molecule has 0 saturated carbocycles. The van der Waals surface area contributed by atoms with Crippen molar-refractivity contribution in [1.29, 1.82) is 0 Å². The Morgan fingerprint density at radius 3 is 1.58 bits per heavy atom. The van der Waals surface area contributed by atoms with Gasteiger partial charge in [0.25, 0.3) is 0 Å². The standard InChI is InChI=1S/C50H33N3/c1-32-29-46-39-21-8-6-16-35(39)25-26-44(46)47(30-32)50-52-48(51-49(53-50)45-24-12-17-34-15-5-7-20-38(34)45)37-19-11-18-36(31-37)41-28-27-40(33-13-3-2-4-14-33)42-22-9-10-23-43(41)42/h2-31H,1H3. The zero-order valence-electron chi connectivity index (χ0n) is 29.2. The number of benzene rings is 9. The maximum atomic E-state index is 5.28. The molecule has 9 aromatic carbocycles. The first-order valence-electron chi connectivity index (χ1n) is 18.0. The highest BCUT2D eigenvalue weighted by Crippen LogP contribution is 2.39. The van der Waals surface area contributed by atoms with Gasteiger partial charge in [0.2, 0.25) is 0 Å². The molecule has 1 heterocycles. The summed E-state index contributed by atoms with van der Waals surface area (Å²) in [5.74, 6) is 1.95. The van der Waals surface area contributed by atoms with E-state index in [9.17, 15) is 0 Å². The van der Waals surface area contributed by atoms with E-state index in [-0.39, 0.29) is 0 Å². The minimum Gasteiger partial charge on any atom is -0.208 e. The van der Waals surface area contributed by atoms with E-state index in [0.29, 0.717) is 17.5 Å². The second kappa shape index (κ2) is 12.7. The minimum atomic E-state index is 0.639. The summed E-state index contributed by atoms with van der Waals surface area (Å²) >= 11 is 0. The Morgan fingerprint density at radius 2 is 0.811 bits per heavy atom. The van der Waals surface area contributed by atoms with Gasteiger partial charge in [0, 0.05) is 16.7 Å². The molecule has 0 aliphatic heterocycles. The number of hydrogen-bond donors (Lipinski definition) is 0. The topological polar surface area (TPSA) is 38.7 Å². The van der Waals surface area contributed by atoms with Gasteiger partial charge in [-0.05, 0) is 90.0 Å². The van der Waals surface area contributed by atoms with Crippen molar-refractivity contribution in [3.8, 4) is 56.4 Å². The fourth-order valence-corrected chi connectivity index (χ4v) is 7.86. The molecule has 10 aromatic rings. The normalized spacial score (nSPS) is 11.5. The summed E-state index contributed by atoms with van der Waals surface area (Å²) in [6, 6.07) is 64.6. The van der Waals surface area contributed by atoms with Crippen molar-refractivity contribution < 1.29 is 0 Å². The van der Waals surface area contributed by atoms with Crippen molar-refractivity contribution in [2.45, 2.75) is 6.92 Å². The first kappa shape index (κ1) is 30.8. The number of fused-ring (bicyclic) bond motifs is 5. The highest BCUT2D eigenvalue weighted by Gasteiger charge is 2.18. The molecule has 1 aromatic heterocycles. The van der Waals surface area contributed by atoms with Gasteiger partial charge in [0.05, 0.1) is 0 Å². The summed E-state index contributed by atoms with van der Waals surface area (Å²) in [5.41, 5.74) is 8.78. The lowest BCUT2D eigenvalue weighted by Gasteiger charge is -2.14. The fraction of sp³-hybridized carbons (Fsp3) is 0.0200. The third kappa shape index (κ3) is 5.42. The fourth-order valence-electron chi connectivity index (χ4n) is 7.86. The van der Waals surface area contributed by atoms with Crippen LogP contribution in [0, 0.1) is 6.92 Å². The molecule has 0 fully saturated rings. The Bertz CT molecular complexity index is 3010. The molecule has 0 spiro atoms. The summed E-state index contributed by atoms with van der Waals surface area (Å²) in [6.45, 7) is 2.15. The van der Waals surface area contributed by atoms with E-state index in [4.69, 9.17) is 15.0 Å². The van der Waals surface area contributed by atoms with Crippen LogP contribution in [0.5, 0.6) is 0 Å². The Labute approximate surface area is 307 Å². The number of aryl methyl sites for hydroxylation is 1. The second-order valence-corrected chi connectivity index (χ2v) is 13.7. The molecule has 0 atom stereocenters. The highest BCUT2D eigenvalue weighted by atomic mass is 15.0. The molecule has 53 heavy (non-hydrogen) atoms. The number of nitrogens with zero attached hydrogens (tertiary/aromatic N) is 3. The van der Waals surface area contributed by atoms with E-state index in [1.165, 1.54) is 43.6 Å². The van der Waals surface area contributed by atoms with Crippen molar-refractivity contribution in [3.05, 3.63) is 188 Å². The molecule has 0 saturated heterocycles. The summed E-state index contributed by atoms with van der Waals surface area (Å²) in [6.07, 6.45) is 0. The van der Waals surface area contributed by atoms with Crippen LogP contribution in [0.2, 0.25) is 0 Å². The maximum Gasteiger partial charge on any atom is 0.164 e. The monoisotopic (exact) mass is 675 g/mol. The van der Waals surface area contributed by atoms with Crippen LogP contribution in [0.4, 0.5) is 0 Å². The molecular formula is C50H33N3. The lowest BCUT2D eigenvalue weighted by Crippen LogP contribution is -2.01. The molecule has 0 bridgehead atoms. The largest absolute Gasteiger partial charge is 0.208 e. The number of rotatable bonds is 5. The van der Waals surface area contributed by atoms with Gasteiger partial charge in [-0.15, -0.1) is 0 Å². The second-order valence-electron chi connectivity index (χ2n) is 13.7. The molecular weight excluding hydrogens is 643 g/mol. The molecule has 0 radical (unpaired) electrons. The van der Waals surface area contributed by atoms with Crippen LogP contribution in [0.25, 0.3) is 99.5 Å². The van der Waals surface area contributed by atoms with Crippen LogP contribution < -0.4 is 0 Å². The Balaban J connectivity index is 1.19. The third-order valence-electron chi connectivity index (χ3n) is 10.4. The molecule has 0 amide bonds.